The maximum absolute atomic E-state index is 5.31. The van der Waals surface area contributed by atoms with E-state index in [0.717, 1.165) is 18.8 Å². The van der Waals surface area contributed by atoms with E-state index >= 15 is 0 Å². The number of hydrogen-bond donors (Lipinski definition) is 1. The Labute approximate surface area is 85.5 Å². The van der Waals surface area contributed by atoms with Gasteiger partial charge in [0.15, 0.2) is 0 Å². The highest BCUT2D eigenvalue weighted by atomic mass is 16.5. The lowest BCUT2D eigenvalue weighted by atomic mass is 10.2. The van der Waals surface area contributed by atoms with Crippen molar-refractivity contribution in [3.05, 3.63) is 23.4 Å². The first-order chi connectivity index (χ1) is 6.77. The van der Waals surface area contributed by atoms with Crippen LogP contribution in [0.2, 0.25) is 0 Å². The van der Waals surface area contributed by atoms with Crippen LogP contribution in [-0.2, 0) is 6.54 Å². The van der Waals surface area contributed by atoms with E-state index in [9.17, 15) is 0 Å². The van der Waals surface area contributed by atoms with Gasteiger partial charge in [-0.15, -0.1) is 0 Å². The summed E-state index contributed by atoms with van der Waals surface area (Å²) in [5.74, 6) is 0.713. The molecule has 0 radical (unpaired) electrons. The van der Waals surface area contributed by atoms with E-state index in [1.165, 1.54) is 5.56 Å². The van der Waals surface area contributed by atoms with Crippen molar-refractivity contribution in [3.8, 4) is 5.88 Å². The quantitative estimate of drug-likeness (QED) is 0.777. The second-order valence-electron chi connectivity index (χ2n) is 3.11. The van der Waals surface area contributed by atoms with Crippen molar-refractivity contribution < 1.29 is 4.74 Å². The first-order valence-corrected chi connectivity index (χ1v) is 5.08. The van der Waals surface area contributed by atoms with E-state index in [0.29, 0.717) is 12.5 Å². The molecule has 1 aromatic heterocycles. The van der Waals surface area contributed by atoms with Gasteiger partial charge in [-0.25, -0.2) is 4.98 Å². The van der Waals surface area contributed by atoms with Crippen LogP contribution in [0, 0.1) is 6.92 Å². The number of ether oxygens (including phenoxy) is 1. The van der Waals surface area contributed by atoms with E-state index in [1.54, 1.807) is 0 Å². The lowest BCUT2D eigenvalue weighted by Crippen LogP contribution is -2.13. The molecule has 0 amide bonds. The van der Waals surface area contributed by atoms with E-state index in [-0.39, 0.29) is 0 Å². The van der Waals surface area contributed by atoms with Crippen LogP contribution in [0.4, 0.5) is 0 Å². The van der Waals surface area contributed by atoms with Gasteiger partial charge in [0.1, 0.15) is 0 Å². The van der Waals surface area contributed by atoms with Crippen LogP contribution in [0.15, 0.2) is 12.1 Å². The van der Waals surface area contributed by atoms with Crippen molar-refractivity contribution in [2.75, 3.05) is 13.2 Å². The molecule has 1 N–H and O–H groups in total. The lowest BCUT2D eigenvalue weighted by molar-refractivity contribution is 0.326. The molecule has 0 fully saturated rings. The highest BCUT2D eigenvalue weighted by molar-refractivity contribution is 5.24. The molecule has 3 nitrogen and oxygen atoms in total. The van der Waals surface area contributed by atoms with Gasteiger partial charge >= 0.3 is 0 Å². The number of aryl methyl sites for hydroxylation is 1. The standard InChI is InChI=1S/C11H18N2O/c1-4-12-8-10-6-7-11(14-5-2)13-9(10)3/h6-7,12H,4-5,8H2,1-3H3. The predicted octanol–water partition coefficient (Wildman–Crippen LogP) is 1.90. The second-order valence-corrected chi connectivity index (χ2v) is 3.11. The van der Waals surface area contributed by atoms with Crippen molar-refractivity contribution in [1.29, 1.82) is 0 Å². The molecule has 1 rings (SSSR count). The van der Waals surface area contributed by atoms with Crippen LogP contribution < -0.4 is 10.1 Å². The van der Waals surface area contributed by atoms with Crippen LogP contribution in [0.5, 0.6) is 5.88 Å². The summed E-state index contributed by atoms with van der Waals surface area (Å²) in [6.07, 6.45) is 0. The number of pyridine rings is 1. The molecule has 0 aromatic carbocycles. The SMILES string of the molecule is CCNCc1ccc(OCC)nc1C. The van der Waals surface area contributed by atoms with Gasteiger partial charge in [-0.1, -0.05) is 13.0 Å². The average Bonchev–Trinajstić information content (AvgIpc) is 2.17. The molecule has 0 unspecified atom stereocenters. The molecule has 0 aliphatic rings. The number of nitrogens with one attached hydrogen (secondary N) is 1. The molecular formula is C11H18N2O. The predicted molar refractivity (Wildman–Crippen MR) is 57.5 cm³/mol. The molecule has 78 valence electrons. The Morgan fingerprint density at radius 3 is 2.71 bits per heavy atom. The molecule has 0 saturated carbocycles. The van der Waals surface area contributed by atoms with Gasteiger partial charge in [0.25, 0.3) is 0 Å². The van der Waals surface area contributed by atoms with Gasteiger partial charge in [0, 0.05) is 18.3 Å². The minimum atomic E-state index is 0.666. The Bertz CT molecular complexity index is 287. The van der Waals surface area contributed by atoms with E-state index in [1.807, 2.05) is 19.9 Å². The van der Waals surface area contributed by atoms with Crippen molar-refractivity contribution in [3.63, 3.8) is 0 Å². The fraction of sp³-hybridized carbons (Fsp3) is 0.545. The molecule has 0 atom stereocenters. The summed E-state index contributed by atoms with van der Waals surface area (Å²) in [6.45, 7) is 8.59. The molecule has 0 spiro atoms. The summed E-state index contributed by atoms with van der Waals surface area (Å²) in [5, 5.41) is 3.28. The number of aromatic nitrogens is 1. The van der Waals surface area contributed by atoms with Gasteiger partial charge in [-0.3, -0.25) is 0 Å². The molecule has 0 saturated heterocycles. The van der Waals surface area contributed by atoms with E-state index in [4.69, 9.17) is 4.74 Å². The van der Waals surface area contributed by atoms with Gasteiger partial charge in [-0.05, 0) is 26.0 Å². The summed E-state index contributed by atoms with van der Waals surface area (Å²) < 4.78 is 5.31. The van der Waals surface area contributed by atoms with Crippen molar-refractivity contribution in [2.24, 2.45) is 0 Å². The van der Waals surface area contributed by atoms with Crippen molar-refractivity contribution >= 4 is 0 Å². The van der Waals surface area contributed by atoms with Crippen LogP contribution in [0.3, 0.4) is 0 Å². The smallest absolute Gasteiger partial charge is 0.213 e. The van der Waals surface area contributed by atoms with E-state index < -0.39 is 0 Å². The second kappa shape index (κ2) is 5.60. The third-order valence-electron chi connectivity index (χ3n) is 2.03. The topological polar surface area (TPSA) is 34.1 Å². The number of nitrogens with zero attached hydrogens (tertiary/aromatic N) is 1. The normalized spacial score (nSPS) is 10.2. The Morgan fingerprint density at radius 2 is 2.14 bits per heavy atom. The Kier molecular flexibility index (Phi) is 4.40. The van der Waals surface area contributed by atoms with Crippen LogP contribution in [0.1, 0.15) is 25.1 Å². The molecule has 1 heterocycles. The number of rotatable bonds is 5. The molecule has 14 heavy (non-hydrogen) atoms. The van der Waals surface area contributed by atoms with Gasteiger partial charge in [0.05, 0.1) is 6.61 Å². The maximum atomic E-state index is 5.31. The summed E-state index contributed by atoms with van der Waals surface area (Å²) in [7, 11) is 0. The van der Waals surface area contributed by atoms with Crippen LogP contribution in [0.25, 0.3) is 0 Å². The Morgan fingerprint density at radius 1 is 1.36 bits per heavy atom. The first-order valence-electron chi connectivity index (χ1n) is 5.08. The molecule has 0 aliphatic carbocycles. The van der Waals surface area contributed by atoms with Gasteiger partial charge in [0.2, 0.25) is 5.88 Å². The highest BCUT2D eigenvalue weighted by Gasteiger charge is 2.01. The minimum Gasteiger partial charge on any atom is -0.478 e. The molecule has 3 heteroatoms. The Balaban J connectivity index is 2.68. The monoisotopic (exact) mass is 194 g/mol. The van der Waals surface area contributed by atoms with Gasteiger partial charge in [-0.2, -0.15) is 0 Å². The zero-order valence-electron chi connectivity index (χ0n) is 9.13. The molecule has 0 aliphatic heterocycles. The zero-order valence-corrected chi connectivity index (χ0v) is 9.13. The largest absolute Gasteiger partial charge is 0.478 e. The summed E-state index contributed by atoms with van der Waals surface area (Å²) in [4.78, 5) is 4.35. The number of hydrogen-bond acceptors (Lipinski definition) is 3. The fourth-order valence-electron chi connectivity index (χ4n) is 1.24. The van der Waals surface area contributed by atoms with Crippen LogP contribution >= 0.6 is 0 Å². The van der Waals surface area contributed by atoms with Gasteiger partial charge < -0.3 is 10.1 Å². The van der Waals surface area contributed by atoms with Crippen molar-refractivity contribution in [1.82, 2.24) is 10.3 Å². The maximum Gasteiger partial charge on any atom is 0.213 e. The first kappa shape index (κ1) is 11.0. The molecule has 0 bridgehead atoms. The fourth-order valence-corrected chi connectivity index (χ4v) is 1.24. The third kappa shape index (κ3) is 3.00. The average molecular weight is 194 g/mol. The highest BCUT2D eigenvalue weighted by Crippen LogP contribution is 2.12. The lowest BCUT2D eigenvalue weighted by Gasteiger charge is -2.08. The Hall–Kier alpha value is -1.09. The molecule has 1 aromatic rings. The minimum absolute atomic E-state index is 0.666. The summed E-state index contributed by atoms with van der Waals surface area (Å²) in [5.41, 5.74) is 2.27. The van der Waals surface area contributed by atoms with Crippen molar-refractivity contribution in [2.45, 2.75) is 27.3 Å². The zero-order chi connectivity index (χ0) is 10.4. The summed E-state index contributed by atoms with van der Waals surface area (Å²) in [6, 6.07) is 3.99. The van der Waals surface area contributed by atoms with Crippen LogP contribution in [-0.4, -0.2) is 18.1 Å². The van der Waals surface area contributed by atoms with E-state index in [2.05, 4.69) is 23.3 Å². The molecular weight excluding hydrogens is 176 g/mol. The third-order valence-corrected chi connectivity index (χ3v) is 2.03. The summed E-state index contributed by atoms with van der Waals surface area (Å²) >= 11 is 0.